The number of aromatic nitrogens is 1. The van der Waals surface area contributed by atoms with Gasteiger partial charge in [0.2, 0.25) is 5.91 Å². The van der Waals surface area contributed by atoms with Crippen LogP contribution in [0, 0.1) is 0 Å². The Morgan fingerprint density at radius 2 is 2.17 bits per heavy atom. The predicted molar refractivity (Wildman–Crippen MR) is 87.4 cm³/mol. The Labute approximate surface area is 136 Å². The molecule has 0 saturated carbocycles. The lowest BCUT2D eigenvalue weighted by atomic mass is 10.1. The van der Waals surface area contributed by atoms with Crippen molar-refractivity contribution in [3.63, 3.8) is 0 Å². The molecule has 3 aromatic rings. The Kier molecular flexibility index (Phi) is 4.59. The second-order valence-electron chi connectivity index (χ2n) is 5.13. The smallest absolute Gasteiger partial charge is 0.408 e. The number of fused-ring (bicyclic) bond motifs is 1. The molecule has 2 heterocycles. The zero-order valence-corrected chi connectivity index (χ0v) is 13.1. The van der Waals surface area contributed by atoms with Gasteiger partial charge < -0.3 is 14.8 Å². The molecule has 1 atom stereocenters. The van der Waals surface area contributed by atoms with E-state index in [9.17, 15) is 14.7 Å². The highest BCUT2D eigenvalue weighted by atomic mass is 32.1. The van der Waals surface area contributed by atoms with Crippen LogP contribution >= 0.6 is 11.3 Å². The van der Waals surface area contributed by atoms with E-state index in [1.807, 2.05) is 16.8 Å². The van der Waals surface area contributed by atoms with E-state index >= 15 is 0 Å². The van der Waals surface area contributed by atoms with Gasteiger partial charge in [-0.2, -0.15) is 11.3 Å². The number of para-hydroxylation sites is 2. The Hall–Kier alpha value is -2.38. The molecule has 2 aromatic heterocycles. The number of amides is 1. The minimum atomic E-state index is -0.598. The van der Waals surface area contributed by atoms with Crippen LogP contribution in [0.15, 0.2) is 50.3 Å². The highest BCUT2D eigenvalue weighted by Crippen LogP contribution is 2.18. The lowest BCUT2D eigenvalue weighted by Crippen LogP contribution is -2.31. The molecule has 1 amide bonds. The van der Waals surface area contributed by atoms with Crippen LogP contribution in [-0.4, -0.2) is 22.1 Å². The number of benzene rings is 1. The van der Waals surface area contributed by atoms with Crippen molar-refractivity contribution in [1.29, 1.82) is 0 Å². The third-order valence-electron chi connectivity index (χ3n) is 3.54. The van der Waals surface area contributed by atoms with Crippen molar-refractivity contribution in [3.05, 3.63) is 57.2 Å². The topological polar surface area (TPSA) is 84.5 Å². The van der Waals surface area contributed by atoms with Gasteiger partial charge in [0.15, 0.2) is 5.58 Å². The fraction of sp³-hybridized carbons (Fsp3) is 0.250. The average Bonchev–Trinajstić information content (AvgIpc) is 3.16. The summed E-state index contributed by atoms with van der Waals surface area (Å²) in [7, 11) is 0. The highest BCUT2D eigenvalue weighted by molar-refractivity contribution is 7.07. The molecule has 23 heavy (non-hydrogen) atoms. The van der Waals surface area contributed by atoms with Gasteiger partial charge in [0.1, 0.15) is 6.54 Å². The van der Waals surface area contributed by atoms with Crippen molar-refractivity contribution in [2.24, 2.45) is 0 Å². The summed E-state index contributed by atoms with van der Waals surface area (Å²) in [6.07, 6.45) is -0.178. The summed E-state index contributed by atoms with van der Waals surface area (Å²) >= 11 is 1.52. The van der Waals surface area contributed by atoms with Gasteiger partial charge in [-0.15, -0.1) is 0 Å². The molecule has 0 spiro atoms. The third-order valence-corrected chi connectivity index (χ3v) is 4.24. The van der Waals surface area contributed by atoms with Crippen LogP contribution in [-0.2, 0) is 11.3 Å². The van der Waals surface area contributed by atoms with E-state index in [0.29, 0.717) is 24.1 Å². The summed E-state index contributed by atoms with van der Waals surface area (Å²) in [4.78, 5) is 23.8. The SMILES string of the molecule is O=C(Cn1c(=O)oc2ccccc21)NCCC(O)c1ccsc1. The van der Waals surface area contributed by atoms with Crippen molar-refractivity contribution in [1.82, 2.24) is 9.88 Å². The van der Waals surface area contributed by atoms with E-state index in [2.05, 4.69) is 5.32 Å². The van der Waals surface area contributed by atoms with Crippen LogP contribution in [0.4, 0.5) is 0 Å². The summed E-state index contributed by atoms with van der Waals surface area (Å²) in [5, 5.41) is 16.4. The lowest BCUT2D eigenvalue weighted by Gasteiger charge is -2.10. The van der Waals surface area contributed by atoms with E-state index in [1.54, 1.807) is 24.3 Å². The summed E-state index contributed by atoms with van der Waals surface area (Å²) < 4.78 is 6.37. The van der Waals surface area contributed by atoms with E-state index in [4.69, 9.17) is 4.42 Å². The Balaban J connectivity index is 1.57. The molecule has 2 N–H and O–H groups in total. The molecule has 0 aliphatic carbocycles. The Bertz CT molecular complexity index is 850. The molecule has 1 unspecified atom stereocenters. The molecule has 7 heteroatoms. The van der Waals surface area contributed by atoms with Gasteiger partial charge >= 0.3 is 5.76 Å². The van der Waals surface area contributed by atoms with Crippen LogP contribution in [0.3, 0.4) is 0 Å². The van der Waals surface area contributed by atoms with E-state index in [0.717, 1.165) is 5.56 Å². The zero-order chi connectivity index (χ0) is 16.2. The maximum absolute atomic E-state index is 12.0. The first kappa shape index (κ1) is 15.5. The number of carbonyl (C=O) groups excluding carboxylic acids is 1. The van der Waals surface area contributed by atoms with E-state index < -0.39 is 11.9 Å². The van der Waals surface area contributed by atoms with E-state index in [-0.39, 0.29) is 12.5 Å². The Morgan fingerprint density at radius 3 is 2.96 bits per heavy atom. The molecule has 6 nitrogen and oxygen atoms in total. The van der Waals surface area contributed by atoms with Crippen LogP contribution in [0.1, 0.15) is 18.1 Å². The van der Waals surface area contributed by atoms with Crippen molar-refractivity contribution in [2.45, 2.75) is 19.1 Å². The number of thiophene rings is 1. The molecule has 0 bridgehead atoms. The fourth-order valence-electron chi connectivity index (χ4n) is 2.34. The maximum Gasteiger partial charge on any atom is 0.420 e. The quantitative estimate of drug-likeness (QED) is 0.722. The average molecular weight is 332 g/mol. The number of oxazole rings is 1. The van der Waals surface area contributed by atoms with Gasteiger partial charge in [-0.05, 0) is 40.9 Å². The first-order chi connectivity index (χ1) is 11.1. The first-order valence-corrected chi connectivity index (χ1v) is 8.14. The molecule has 0 aliphatic rings. The van der Waals surface area contributed by atoms with Gasteiger partial charge in [-0.3, -0.25) is 9.36 Å². The molecule has 0 fully saturated rings. The molecular weight excluding hydrogens is 316 g/mol. The minimum Gasteiger partial charge on any atom is -0.408 e. The summed E-state index contributed by atoms with van der Waals surface area (Å²) in [6.45, 7) is 0.227. The Morgan fingerprint density at radius 1 is 1.35 bits per heavy atom. The van der Waals surface area contributed by atoms with Gasteiger partial charge in [0, 0.05) is 6.54 Å². The molecule has 120 valence electrons. The van der Waals surface area contributed by atoms with Crippen molar-refractivity contribution in [2.75, 3.05) is 6.54 Å². The monoisotopic (exact) mass is 332 g/mol. The van der Waals surface area contributed by atoms with Crippen molar-refractivity contribution < 1.29 is 14.3 Å². The fourth-order valence-corrected chi connectivity index (χ4v) is 3.05. The number of aliphatic hydroxyl groups excluding tert-OH is 1. The van der Waals surface area contributed by atoms with Crippen LogP contribution in [0.25, 0.3) is 11.1 Å². The van der Waals surface area contributed by atoms with E-state index in [1.165, 1.54) is 15.9 Å². The lowest BCUT2D eigenvalue weighted by molar-refractivity contribution is -0.121. The third kappa shape index (κ3) is 3.52. The van der Waals surface area contributed by atoms with Crippen molar-refractivity contribution >= 4 is 28.3 Å². The number of nitrogens with zero attached hydrogens (tertiary/aromatic N) is 1. The van der Waals surface area contributed by atoms with Crippen molar-refractivity contribution in [3.8, 4) is 0 Å². The number of nitrogens with one attached hydrogen (secondary N) is 1. The predicted octanol–water partition coefficient (Wildman–Crippen LogP) is 1.90. The summed E-state index contributed by atoms with van der Waals surface area (Å²) in [5.41, 5.74) is 1.89. The highest BCUT2D eigenvalue weighted by Gasteiger charge is 2.13. The van der Waals surface area contributed by atoms with Crippen LogP contribution in [0.2, 0.25) is 0 Å². The standard InChI is InChI=1S/C16H16N2O4S/c19-13(11-6-8-23-10-11)5-7-17-15(20)9-18-12-3-1-2-4-14(12)22-16(18)21/h1-4,6,8,10,13,19H,5,7,9H2,(H,17,20). The first-order valence-electron chi connectivity index (χ1n) is 7.20. The number of carbonyl (C=O) groups is 1. The number of hydrogen-bond donors (Lipinski definition) is 2. The normalized spacial score (nSPS) is 12.4. The minimum absolute atomic E-state index is 0.107. The number of rotatable bonds is 6. The second-order valence-corrected chi connectivity index (χ2v) is 5.91. The molecule has 3 rings (SSSR count). The van der Waals surface area contributed by atoms with Gasteiger partial charge in [-0.1, -0.05) is 12.1 Å². The van der Waals surface area contributed by atoms with Crippen LogP contribution < -0.4 is 11.1 Å². The molecule has 0 radical (unpaired) electrons. The largest absolute Gasteiger partial charge is 0.420 e. The van der Waals surface area contributed by atoms with Gasteiger partial charge in [-0.25, -0.2) is 4.79 Å². The zero-order valence-electron chi connectivity index (χ0n) is 12.3. The summed E-state index contributed by atoms with van der Waals surface area (Å²) in [5.74, 6) is -0.851. The van der Waals surface area contributed by atoms with Gasteiger partial charge in [0.25, 0.3) is 0 Å². The molecule has 0 aliphatic heterocycles. The van der Waals surface area contributed by atoms with Crippen LogP contribution in [0.5, 0.6) is 0 Å². The second kappa shape index (κ2) is 6.80. The molecular formula is C16H16N2O4S. The maximum atomic E-state index is 12.0. The molecule has 1 aromatic carbocycles. The summed E-state index contributed by atoms with van der Waals surface area (Å²) in [6, 6.07) is 8.81. The molecule has 0 saturated heterocycles. The van der Waals surface area contributed by atoms with Gasteiger partial charge in [0.05, 0.1) is 11.6 Å². The number of aliphatic hydroxyl groups is 1. The number of hydrogen-bond acceptors (Lipinski definition) is 5.